The van der Waals surface area contributed by atoms with E-state index in [9.17, 15) is 13.6 Å². The lowest BCUT2D eigenvalue weighted by atomic mass is 10.2. The highest BCUT2D eigenvalue weighted by Gasteiger charge is 2.42. The zero-order valence-electron chi connectivity index (χ0n) is 6.83. The highest BCUT2D eigenvalue weighted by molar-refractivity contribution is 8.01. The summed E-state index contributed by atoms with van der Waals surface area (Å²) >= 11 is 0.218. The maximum absolute atomic E-state index is 12.7. The van der Waals surface area contributed by atoms with E-state index in [2.05, 4.69) is 0 Å². The van der Waals surface area contributed by atoms with E-state index in [1.807, 2.05) is 0 Å². The molecule has 6 heteroatoms. The molecule has 0 radical (unpaired) electrons. The molecule has 0 aliphatic carbocycles. The summed E-state index contributed by atoms with van der Waals surface area (Å²) in [6.07, 6.45) is 0.987. The lowest BCUT2D eigenvalue weighted by Gasteiger charge is -2.23. The van der Waals surface area contributed by atoms with Crippen molar-refractivity contribution in [2.75, 3.05) is 13.2 Å². The topological polar surface area (TPSA) is 46.5 Å². The molecule has 0 amide bonds. The number of halogens is 2. The predicted octanol–water partition coefficient (Wildman–Crippen LogP) is 1.58. The molecule has 0 aromatic rings. The van der Waals surface area contributed by atoms with Gasteiger partial charge in [-0.2, -0.15) is 8.78 Å². The molecule has 0 aromatic carbocycles. The van der Waals surface area contributed by atoms with Crippen molar-refractivity contribution in [1.29, 1.82) is 0 Å². The van der Waals surface area contributed by atoms with Gasteiger partial charge in [0.25, 0.3) is 0 Å². The third-order valence-electron chi connectivity index (χ3n) is 1.73. The molecule has 1 aliphatic rings. The fourth-order valence-electron chi connectivity index (χ4n) is 1.05. The molecule has 3 nitrogen and oxygen atoms in total. The quantitative estimate of drug-likeness (QED) is 0.771. The predicted molar refractivity (Wildman–Crippen MR) is 44.0 cm³/mol. The van der Waals surface area contributed by atoms with Gasteiger partial charge in [0.05, 0.1) is 0 Å². The second-order valence-electron chi connectivity index (χ2n) is 2.75. The molecule has 0 bridgehead atoms. The Morgan fingerprint density at radius 1 is 1.46 bits per heavy atom. The minimum atomic E-state index is -3.66. The molecule has 1 saturated heterocycles. The number of thioether (sulfide) groups is 1. The average molecular weight is 212 g/mol. The minimum absolute atomic E-state index is 0.218. The Morgan fingerprint density at radius 3 is 2.46 bits per heavy atom. The van der Waals surface area contributed by atoms with Crippen molar-refractivity contribution in [2.24, 2.45) is 0 Å². The number of carbonyl (C=O) groups is 1. The van der Waals surface area contributed by atoms with Crippen LogP contribution in [0.3, 0.4) is 0 Å². The van der Waals surface area contributed by atoms with E-state index in [0.717, 1.165) is 0 Å². The average Bonchev–Trinajstić information content (AvgIpc) is 2.05. The summed E-state index contributed by atoms with van der Waals surface area (Å²) in [7, 11) is 0. The zero-order chi connectivity index (χ0) is 9.90. The first-order valence-electron chi connectivity index (χ1n) is 3.89. The van der Waals surface area contributed by atoms with Crippen LogP contribution in [-0.2, 0) is 9.53 Å². The van der Waals surface area contributed by atoms with Crippen LogP contribution >= 0.6 is 11.8 Å². The molecular formula is C7H10F2O3S. The molecular weight excluding hydrogens is 202 g/mol. The smallest absolute Gasteiger partial charge is 0.389 e. The number of aliphatic carboxylic acids is 1. The Morgan fingerprint density at radius 2 is 2.00 bits per heavy atom. The first-order valence-corrected chi connectivity index (χ1v) is 4.77. The van der Waals surface area contributed by atoms with Crippen LogP contribution in [0.1, 0.15) is 12.8 Å². The van der Waals surface area contributed by atoms with E-state index in [4.69, 9.17) is 9.84 Å². The number of carboxylic acid groups (broad SMARTS) is 1. The molecule has 1 N–H and O–H groups in total. The number of alkyl halides is 2. The van der Waals surface area contributed by atoms with Gasteiger partial charge in [0.15, 0.2) is 0 Å². The summed E-state index contributed by atoms with van der Waals surface area (Å²) in [4.78, 5) is 10.1. The molecule has 1 rings (SSSR count). The summed E-state index contributed by atoms with van der Waals surface area (Å²) in [6.45, 7) is 0.876. The molecule has 0 unspecified atom stereocenters. The Bertz CT molecular complexity index is 192. The Hall–Kier alpha value is -0.360. The molecule has 1 aliphatic heterocycles. The van der Waals surface area contributed by atoms with Gasteiger partial charge in [0.2, 0.25) is 0 Å². The van der Waals surface area contributed by atoms with Crippen molar-refractivity contribution < 1.29 is 23.4 Å². The Labute approximate surface area is 78.4 Å². The van der Waals surface area contributed by atoms with E-state index in [1.165, 1.54) is 0 Å². The van der Waals surface area contributed by atoms with E-state index in [0.29, 0.717) is 26.1 Å². The molecule has 13 heavy (non-hydrogen) atoms. The standard InChI is InChI=1S/C7H10F2O3S/c8-7(9,6(10)11)13-5-1-3-12-4-2-5/h5H,1-4H2,(H,10,11). The van der Waals surface area contributed by atoms with Crippen LogP contribution in [0.25, 0.3) is 0 Å². The second kappa shape index (κ2) is 4.23. The van der Waals surface area contributed by atoms with Crippen LogP contribution in [-0.4, -0.2) is 34.8 Å². The van der Waals surface area contributed by atoms with Gasteiger partial charge in [0.1, 0.15) is 0 Å². The zero-order valence-corrected chi connectivity index (χ0v) is 7.65. The molecule has 0 saturated carbocycles. The maximum Gasteiger partial charge on any atom is 0.389 e. The largest absolute Gasteiger partial charge is 0.476 e. The van der Waals surface area contributed by atoms with Crippen molar-refractivity contribution in [3.8, 4) is 0 Å². The Balaban J connectivity index is 2.41. The summed E-state index contributed by atoms with van der Waals surface area (Å²) in [5, 5.41) is 4.20. The Kier molecular flexibility index (Phi) is 3.49. The molecule has 0 spiro atoms. The van der Waals surface area contributed by atoms with Gasteiger partial charge in [-0.25, -0.2) is 4.79 Å². The van der Waals surface area contributed by atoms with Gasteiger partial charge in [-0.15, -0.1) is 0 Å². The van der Waals surface area contributed by atoms with E-state index in [1.54, 1.807) is 0 Å². The lowest BCUT2D eigenvalue weighted by molar-refractivity contribution is -0.153. The highest BCUT2D eigenvalue weighted by atomic mass is 32.2. The summed E-state index contributed by atoms with van der Waals surface area (Å²) < 4.78 is 30.3. The van der Waals surface area contributed by atoms with E-state index >= 15 is 0 Å². The first-order chi connectivity index (χ1) is 6.02. The van der Waals surface area contributed by atoms with Gasteiger partial charge >= 0.3 is 11.2 Å². The number of ether oxygens (including phenoxy) is 1. The fraction of sp³-hybridized carbons (Fsp3) is 0.857. The van der Waals surface area contributed by atoms with Gasteiger partial charge in [-0.3, -0.25) is 0 Å². The number of rotatable bonds is 3. The van der Waals surface area contributed by atoms with Gasteiger partial charge in [0, 0.05) is 18.5 Å². The fourth-order valence-corrected chi connectivity index (χ4v) is 2.00. The van der Waals surface area contributed by atoms with Gasteiger partial charge < -0.3 is 9.84 Å². The normalized spacial score (nSPS) is 20.2. The van der Waals surface area contributed by atoms with Crippen molar-refractivity contribution >= 4 is 17.7 Å². The molecule has 0 aromatic heterocycles. The molecule has 1 fully saturated rings. The number of carboxylic acids is 1. The summed E-state index contributed by atoms with van der Waals surface area (Å²) in [5.74, 6) is -2.07. The van der Waals surface area contributed by atoms with Gasteiger partial charge in [-0.05, 0) is 12.8 Å². The second-order valence-corrected chi connectivity index (χ2v) is 4.17. The highest BCUT2D eigenvalue weighted by Crippen LogP contribution is 2.36. The van der Waals surface area contributed by atoms with Crippen molar-refractivity contribution in [1.82, 2.24) is 0 Å². The van der Waals surface area contributed by atoms with Gasteiger partial charge in [-0.1, -0.05) is 11.8 Å². The van der Waals surface area contributed by atoms with Crippen LogP contribution in [0.15, 0.2) is 0 Å². The van der Waals surface area contributed by atoms with Crippen LogP contribution in [0.2, 0.25) is 0 Å². The maximum atomic E-state index is 12.7. The van der Waals surface area contributed by atoms with Crippen LogP contribution in [0.5, 0.6) is 0 Å². The number of hydrogen-bond acceptors (Lipinski definition) is 3. The lowest BCUT2D eigenvalue weighted by Crippen LogP contribution is -2.29. The van der Waals surface area contributed by atoms with Crippen LogP contribution < -0.4 is 0 Å². The summed E-state index contributed by atoms with van der Waals surface area (Å²) in [6, 6.07) is 0. The molecule has 0 atom stereocenters. The number of hydrogen-bond donors (Lipinski definition) is 1. The van der Waals surface area contributed by atoms with Crippen molar-refractivity contribution in [3.63, 3.8) is 0 Å². The van der Waals surface area contributed by atoms with Crippen molar-refractivity contribution in [3.05, 3.63) is 0 Å². The van der Waals surface area contributed by atoms with Crippen molar-refractivity contribution in [2.45, 2.75) is 23.3 Å². The summed E-state index contributed by atoms with van der Waals surface area (Å²) in [5.41, 5.74) is 0. The molecule has 76 valence electrons. The van der Waals surface area contributed by atoms with E-state index in [-0.39, 0.29) is 17.0 Å². The minimum Gasteiger partial charge on any atom is -0.476 e. The third kappa shape index (κ3) is 3.11. The SMILES string of the molecule is O=C(O)C(F)(F)SC1CCOCC1. The van der Waals surface area contributed by atoms with Crippen LogP contribution in [0.4, 0.5) is 8.78 Å². The monoisotopic (exact) mass is 212 g/mol. The molecule has 1 heterocycles. The van der Waals surface area contributed by atoms with Crippen LogP contribution in [0, 0.1) is 0 Å². The first kappa shape index (κ1) is 10.7. The van der Waals surface area contributed by atoms with E-state index < -0.39 is 11.2 Å². The third-order valence-corrected chi connectivity index (χ3v) is 3.01.